The molecule has 6 nitrogen and oxygen atoms in total. The van der Waals surface area contributed by atoms with Gasteiger partial charge in [-0.1, -0.05) is 0 Å². The van der Waals surface area contributed by atoms with Crippen LogP contribution in [0.1, 0.15) is 17.4 Å². The van der Waals surface area contributed by atoms with Gasteiger partial charge in [-0.2, -0.15) is 18.3 Å². The molecule has 0 N–H and O–H groups in total. The number of aryl methyl sites for hydroxylation is 1. The highest BCUT2D eigenvalue weighted by Gasteiger charge is 2.51. The third-order valence-corrected chi connectivity index (χ3v) is 3.27. The van der Waals surface area contributed by atoms with Gasteiger partial charge in [-0.25, -0.2) is 4.68 Å². The average molecular weight is 305 g/mol. The Bertz CT molecular complexity index is 599. The summed E-state index contributed by atoms with van der Waals surface area (Å²) in [5.74, 6) is -0.872. The lowest BCUT2D eigenvalue weighted by Crippen LogP contribution is -2.59. The zero-order valence-corrected chi connectivity index (χ0v) is 11.4. The number of carbonyl (C=O) groups is 1. The Morgan fingerprint density at radius 2 is 2.10 bits per heavy atom. The number of amides is 1. The van der Waals surface area contributed by atoms with E-state index in [-0.39, 0.29) is 18.8 Å². The van der Waals surface area contributed by atoms with E-state index < -0.39 is 29.8 Å². The number of hydrogen-bond donors (Lipinski definition) is 0. The van der Waals surface area contributed by atoms with Crippen LogP contribution in [0.2, 0.25) is 0 Å². The Labute approximate surface area is 118 Å². The van der Waals surface area contributed by atoms with Crippen molar-refractivity contribution in [3.05, 3.63) is 28.2 Å². The second kappa shape index (κ2) is 5.47. The fourth-order valence-corrected chi connectivity index (χ4v) is 2.25. The molecule has 0 saturated carbocycles. The van der Waals surface area contributed by atoms with Gasteiger partial charge in [-0.15, -0.1) is 0 Å². The summed E-state index contributed by atoms with van der Waals surface area (Å²) in [4.78, 5) is 24.2. The summed E-state index contributed by atoms with van der Waals surface area (Å²) in [6.45, 7) is 1.11. The molecule has 1 saturated heterocycles. The minimum Gasteiger partial charge on any atom is -0.374 e. The molecule has 1 fully saturated rings. The number of morpholine rings is 1. The first-order valence-electron chi connectivity index (χ1n) is 6.25. The fourth-order valence-electron chi connectivity index (χ4n) is 2.25. The maximum absolute atomic E-state index is 13.1. The van der Waals surface area contributed by atoms with Crippen molar-refractivity contribution in [3.8, 4) is 0 Å². The highest BCUT2D eigenvalue weighted by molar-refractivity contribution is 5.92. The fraction of sp³-hybridized carbons (Fsp3) is 0.583. The van der Waals surface area contributed by atoms with E-state index in [0.29, 0.717) is 4.90 Å². The summed E-state index contributed by atoms with van der Waals surface area (Å²) in [5.41, 5.74) is -0.658. The zero-order valence-electron chi connectivity index (χ0n) is 11.4. The monoisotopic (exact) mass is 305 g/mol. The van der Waals surface area contributed by atoms with Crippen LogP contribution in [-0.2, 0) is 11.8 Å². The Morgan fingerprint density at radius 1 is 1.43 bits per heavy atom. The zero-order chi connectivity index (χ0) is 15.8. The third kappa shape index (κ3) is 3.07. The standard InChI is InChI=1S/C12H14F3N3O3/c1-7-10(12(13,14)15)18(5-6-21-7)11(20)8-3-4-9(19)17(2)16-8/h3-4,7,10H,5-6H2,1-2H3/t7-,10-/m0/s1. The average Bonchev–Trinajstić information content (AvgIpc) is 2.39. The van der Waals surface area contributed by atoms with E-state index in [1.807, 2.05) is 0 Å². The number of alkyl halides is 3. The molecule has 2 rings (SSSR count). The second-order valence-corrected chi connectivity index (χ2v) is 4.74. The molecule has 1 aliphatic heterocycles. The van der Waals surface area contributed by atoms with Gasteiger partial charge in [0.05, 0.1) is 12.7 Å². The normalized spacial score (nSPS) is 23.2. The van der Waals surface area contributed by atoms with Crippen LogP contribution >= 0.6 is 0 Å². The van der Waals surface area contributed by atoms with E-state index in [9.17, 15) is 22.8 Å². The number of hydrogen-bond acceptors (Lipinski definition) is 4. The van der Waals surface area contributed by atoms with Crippen molar-refractivity contribution in [1.29, 1.82) is 0 Å². The van der Waals surface area contributed by atoms with Gasteiger partial charge in [-0.05, 0) is 13.0 Å². The molecule has 1 amide bonds. The summed E-state index contributed by atoms with van der Waals surface area (Å²) in [6.07, 6.45) is -5.76. The van der Waals surface area contributed by atoms with E-state index in [1.54, 1.807) is 0 Å². The van der Waals surface area contributed by atoms with E-state index in [1.165, 1.54) is 14.0 Å². The maximum atomic E-state index is 13.1. The molecular weight excluding hydrogens is 291 g/mol. The highest BCUT2D eigenvalue weighted by atomic mass is 19.4. The summed E-state index contributed by atoms with van der Waals surface area (Å²) in [5, 5.41) is 3.69. The van der Waals surface area contributed by atoms with Crippen molar-refractivity contribution < 1.29 is 22.7 Å². The Morgan fingerprint density at radius 3 is 2.67 bits per heavy atom. The maximum Gasteiger partial charge on any atom is 0.411 e. The van der Waals surface area contributed by atoms with Crippen molar-refractivity contribution in [1.82, 2.24) is 14.7 Å². The summed E-state index contributed by atoms with van der Waals surface area (Å²) in [7, 11) is 1.32. The van der Waals surface area contributed by atoms with E-state index in [4.69, 9.17) is 4.74 Å². The van der Waals surface area contributed by atoms with Gasteiger partial charge in [0.2, 0.25) is 0 Å². The Kier molecular flexibility index (Phi) is 4.04. The van der Waals surface area contributed by atoms with Gasteiger partial charge in [0.25, 0.3) is 11.5 Å². The van der Waals surface area contributed by atoms with Gasteiger partial charge in [0, 0.05) is 19.7 Å². The number of nitrogens with zero attached hydrogens (tertiary/aromatic N) is 3. The summed E-state index contributed by atoms with van der Waals surface area (Å²) < 4.78 is 45.2. The number of rotatable bonds is 1. The van der Waals surface area contributed by atoms with Crippen LogP contribution in [0.15, 0.2) is 16.9 Å². The van der Waals surface area contributed by atoms with Crippen LogP contribution < -0.4 is 5.56 Å². The van der Waals surface area contributed by atoms with Crippen molar-refractivity contribution >= 4 is 5.91 Å². The number of halogens is 3. The smallest absolute Gasteiger partial charge is 0.374 e. The van der Waals surface area contributed by atoms with E-state index >= 15 is 0 Å². The first kappa shape index (κ1) is 15.5. The Hall–Kier alpha value is -1.90. The quantitative estimate of drug-likeness (QED) is 0.761. The van der Waals surface area contributed by atoms with E-state index in [0.717, 1.165) is 16.8 Å². The lowest BCUT2D eigenvalue weighted by atomic mass is 10.1. The predicted octanol–water partition coefficient (Wildman–Crippen LogP) is 0.572. The molecule has 116 valence electrons. The van der Waals surface area contributed by atoms with Crippen molar-refractivity contribution in [2.75, 3.05) is 13.2 Å². The number of ether oxygens (including phenoxy) is 1. The van der Waals surface area contributed by atoms with Crippen LogP contribution in [0, 0.1) is 0 Å². The molecule has 0 bridgehead atoms. The molecule has 2 heterocycles. The summed E-state index contributed by atoms with van der Waals surface area (Å²) >= 11 is 0. The predicted molar refractivity (Wildman–Crippen MR) is 65.8 cm³/mol. The molecule has 0 aliphatic carbocycles. The molecule has 9 heteroatoms. The van der Waals surface area contributed by atoms with Gasteiger partial charge in [0.1, 0.15) is 5.69 Å². The molecule has 0 spiro atoms. The van der Waals surface area contributed by atoms with Crippen molar-refractivity contribution in [2.24, 2.45) is 7.05 Å². The third-order valence-electron chi connectivity index (χ3n) is 3.27. The van der Waals surface area contributed by atoms with Crippen LogP contribution in [0.5, 0.6) is 0 Å². The number of carbonyl (C=O) groups excluding carboxylic acids is 1. The molecule has 0 aromatic carbocycles. The van der Waals surface area contributed by atoms with Crippen LogP contribution in [0.25, 0.3) is 0 Å². The largest absolute Gasteiger partial charge is 0.411 e. The van der Waals surface area contributed by atoms with Crippen molar-refractivity contribution in [2.45, 2.75) is 25.2 Å². The van der Waals surface area contributed by atoms with Gasteiger partial charge < -0.3 is 9.64 Å². The topological polar surface area (TPSA) is 64.4 Å². The molecule has 1 aromatic rings. The highest BCUT2D eigenvalue weighted by Crippen LogP contribution is 2.31. The lowest BCUT2D eigenvalue weighted by Gasteiger charge is -2.40. The van der Waals surface area contributed by atoms with Crippen molar-refractivity contribution in [3.63, 3.8) is 0 Å². The summed E-state index contributed by atoms with van der Waals surface area (Å²) in [6, 6.07) is 0.183. The van der Waals surface area contributed by atoms with Crippen LogP contribution in [0.3, 0.4) is 0 Å². The first-order valence-corrected chi connectivity index (χ1v) is 6.25. The lowest BCUT2D eigenvalue weighted by molar-refractivity contribution is -0.220. The molecule has 1 aromatic heterocycles. The minimum atomic E-state index is -4.60. The molecule has 1 aliphatic rings. The first-order chi connectivity index (χ1) is 9.71. The molecule has 2 atom stereocenters. The van der Waals surface area contributed by atoms with Gasteiger partial charge >= 0.3 is 6.18 Å². The molecule has 0 radical (unpaired) electrons. The molecular formula is C12H14F3N3O3. The molecule has 21 heavy (non-hydrogen) atoms. The second-order valence-electron chi connectivity index (χ2n) is 4.74. The SMILES string of the molecule is C[C@@H]1OCCN(C(=O)c2ccc(=O)n(C)n2)[C@@H]1C(F)(F)F. The minimum absolute atomic E-state index is 0.0191. The van der Waals surface area contributed by atoms with E-state index in [2.05, 4.69) is 5.10 Å². The number of aromatic nitrogens is 2. The van der Waals surface area contributed by atoms with Crippen LogP contribution in [0.4, 0.5) is 13.2 Å². The van der Waals surface area contributed by atoms with Gasteiger partial charge in [0.15, 0.2) is 6.04 Å². The Balaban J connectivity index is 2.35. The van der Waals surface area contributed by atoms with Crippen LogP contribution in [-0.4, -0.2) is 52.1 Å². The molecule has 0 unspecified atom stereocenters. The van der Waals surface area contributed by atoms with Gasteiger partial charge in [-0.3, -0.25) is 9.59 Å².